The van der Waals surface area contributed by atoms with Gasteiger partial charge in [0.25, 0.3) is 5.92 Å². The van der Waals surface area contributed by atoms with Crippen molar-refractivity contribution in [3.8, 4) is 29.0 Å². The van der Waals surface area contributed by atoms with Gasteiger partial charge in [0.15, 0.2) is 17.5 Å². The number of fused-ring (bicyclic) bond motifs is 3. The number of aromatic nitrogens is 3. The van der Waals surface area contributed by atoms with Crippen molar-refractivity contribution < 1.29 is 45.0 Å². The highest BCUT2D eigenvalue weighted by Crippen LogP contribution is 2.69. The summed E-state index contributed by atoms with van der Waals surface area (Å²) in [6.07, 6.45) is -3.13. The number of alkyl halides is 5. The van der Waals surface area contributed by atoms with E-state index in [4.69, 9.17) is 16.2 Å². The predicted octanol–water partition coefficient (Wildman–Crippen LogP) is 7.90. The molecule has 0 amide bonds. The van der Waals surface area contributed by atoms with Gasteiger partial charge >= 0.3 is 12.2 Å². The second kappa shape index (κ2) is 11.9. The number of phenolic OH excluding ortho intramolecular Hbond substituents is 1. The highest BCUT2D eigenvalue weighted by Gasteiger charge is 2.77. The number of nitrogen functional groups attached to an aromatic ring is 2. The minimum absolute atomic E-state index is 0.0409. The molecule has 0 radical (unpaired) electrons. The normalized spacial score (nSPS) is 22.5. The molecule has 1 spiro atoms. The molecule has 1 aliphatic carbocycles. The molecule has 5 heterocycles. The number of hydrogen-bond acceptors (Lipinski definition) is 11. The molecule has 1 unspecified atom stereocenters. The number of hydrogen-bond donors (Lipinski definition) is 4. The summed E-state index contributed by atoms with van der Waals surface area (Å²) in [7, 11) is 0. The molecule has 3 atom stereocenters. The van der Waals surface area contributed by atoms with Crippen molar-refractivity contribution >= 4 is 49.0 Å². The van der Waals surface area contributed by atoms with Gasteiger partial charge in [0.1, 0.15) is 46.1 Å². The second-order valence-corrected chi connectivity index (χ2v) is 15.1. The van der Waals surface area contributed by atoms with E-state index in [-0.39, 0.29) is 42.9 Å². The van der Waals surface area contributed by atoms with Crippen LogP contribution in [-0.4, -0.2) is 56.1 Å². The summed E-state index contributed by atoms with van der Waals surface area (Å²) in [6, 6.07) is 3.57. The molecule has 3 fully saturated rings. The number of benzene rings is 2. The molecule has 10 nitrogen and oxygen atoms in total. The third kappa shape index (κ3) is 5.24. The lowest BCUT2D eigenvalue weighted by Crippen LogP contribution is -2.43. The van der Waals surface area contributed by atoms with Crippen molar-refractivity contribution in [1.29, 1.82) is 5.26 Å². The standard InChI is InChI=1S/C35H28F8N8O2S/c1-14(15-4-2-6-47-28(15)45)48-30-21-25(49-31(50-30)53-13-33-5-3-7-51(33)12-32(10-33)11-34(32,39)40)24(38)20(22(26(21)52)35(41,42)43)16-8-18(36)23(37)27-19(16)17(9-44)29(46)54-27/h2,4,6,8,14,52H,3,5,7,10-13,46H2,1H3,(H2,45,47)(H,48,49,50)/t14-,32?,33+/m1/s1. The number of anilines is 3. The molecule has 2 aliphatic heterocycles. The molecule has 3 aromatic heterocycles. The van der Waals surface area contributed by atoms with Crippen LogP contribution in [0.25, 0.3) is 32.1 Å². The summed E-state index contributed by atoms with van der Waals surface area (Å²) >= 11 is 0.373. The number of ether oxygens (including phenoxy) is 1. The van der Waals surface area contributed by atoms with Crippen LogP contribution in [0.15, 0.2) is 24.4 Å². The van der Waals surface area contributed by atoms with Crippen molar-refractivity contribution in [3.63, 3.8) is 0 Å². The van der Waals surface area contributed by atoms with E-state index in [1.54, 1.807) is 25.1 Å². The van der Waals surface area contributed by atoms with Gasteiger partial charge in [0.2, 0.25) is 0 Å². The van der Waals surface area contributed by atoms with E-state index in [1.807, 2.05) is 4.90 Å². The minimum Gasteiger partial charge on any atom is -0.506 e. The Balaban J connectivity index is 1.35. The number of rotatable bonds is 7. The van der Waals surface area contributed by atoms with Crippen molar-refractivity contribution in [1.82, 2.24) is 19.9 Å². The van der Waals surface area contributed by atoms with E-state index < -0.39 is 107 Å². The predicted molar refractivity (Wildman–Crippen MR) is 182 cm³/mol. The molecule has 3 aliphatic rings. The van der Waals surface area contributed by atoms with Gasteiger partial charge in [-0.05, 0) is 50.4 Å². The molecular weight excluding hydrogens is 748 g/mol. The highest BCUT2D eigenvalue weighted by molar-refractivity contribution is 7.23. The van der Waals surface area contributed by atoms with Crippen LogP contribution in [0.3, 0.4) is 0 Å². The third-order valence-electron chi connectivity index (χ3n) is 10.9. The van der Waals surface area contributed by atoms with Crippen LogP contribution < -0.4 is 21.5 Å². The molecule has 1 saturated carbocycles. The molecule has 8 rings (SSSR count). The van der Waals surface area contributed by atoms with Gasteiger partial charge in [0, 0.05) is 35.7 Å². The molecule has 2 saturated heterocycles. The Morgan fingerprint density at radius 3 is 2.56 bits per heavy atom. The largest absolute Gasteiger partial charge is 0.506 e. The monoisotopic (exact) mass is 776 g/mol. The Kier molecular flexibility index (Phi) is 7.88. The average Bonchev–Trinajstić information content (AvgIpc) is 3.43. The van der Waals surface area contributed by atoms with E-state index in [0.717, 1.165) is 0 Å². The van der Waals surface area contributed by atoms with E-state index in [9.17, 15) is 23.5 Å². The molecular formula is C35H28F8N8O2S. The smallest absolute Gasteiger partial charge is 0.420 e. The van der Waals surface area contributed by atoms with Crippen LogP contribution in [0.1, 0.15) is 55.3 Å². The van der Waals surface area contributed by atoms with E-state index in [2.05, 4.69) is 20.3 Å². The number of nitrogens with two attached hydrogens (primary N) is 2. The van der Waals surface area contributed by atoms with E-state index >= 15 is 22.0 Å². The molecule has 6 N–H and O–H groups in total. The number of halogens is 8. The lowest BCUT2D eigenvalue weighted by molar-refractivity contribution is -0.138. The zero-order chi connectivity index (χ0) is 38.7. The molecule has 282 valence electrons. The zero-order valence-electron chi connectivity index (χ0n) is 28.0. The first-order chi connectivity index (χ1) is 25.4. The Morgan fingerprint density at radius 1 is 1.15 bits per heavy atom. The lowest BCUT2D eigenvalue weighted by atomic mass is 9.89. The number of nitriles is 1. The summed E-state index contributed by atoms with van der Waals surface area (Å²) in [5.74, 6) is -9.88. The molecule has 0 bridgehead atoms. The maximum atomic E-state index is 17.1. The molecule has 54 heavy (non-hydrogen) atoms. The van der Waals surface area contributed by atoms with Crippen molar-refractivity contribution in [2.75, 3.05) is 36.5 Å². The first-order valence-electron chi connectivity index (χ1n) is 16.6. The van der Waals surface area contributed by atoms with Gasteiger partial charge in [-0.25, -0.2) is 26.9 Å². The minimum atomic E-state index is -5.54. The summed E-state index contributed by atoms with van der Waals surface area (Å²) in [5, 5.41) is 22.3. The van der Waals surface area contributed by atoms with Crippen molar-refractivity contribution in [3.05, 3.63) is 58.5 Å². The van der Waals surface area contributed by atoms with Crippen molar-refractivity contribution in [2.24, 2.45) is 5.41 Å². The maximum absolute atomic E-state index is 17.1. The lowest BCUT2D eigenvalue weighted by Gasteiger charge is -2.31. The Hall–Kier alpha value is -5.22. The molecule has 5 aromatic rings. The summed E-state index contributed by atoms with van der Waals surface area (Å²) in [6.45, 7) is 1.99. The first-order valence-corrected chi connectivity index (χ1v) is 17.4. The molecule has 19 heteroatoms. The molecule has 2 aromatic carbocycles. The Labute approximate surface area is 304 Å². The number of nitrogens with one attached hydrogen (secondary N) is 1. The van der Waals surface area contributed by atoms with Crippen molar-refractivity contribution in [2.45, 2.75) is 56.3 Å². The fourth-order valence-electron chi connectivity index (χ4n) is 8.26. The van der Waals surface area contributed by atoms with Gasteiger partial charge in [-0.15, -0.1) is 11.3 Å². The van der Waals surface area contributed by atoms with Crippen LogP contribution in [0.5, 0.6) is 11.8 Å². The first kappa shape index (κ1) is 35.8. The summed E-state index contributed by atoms with van der Waals surface area (Å²) in [5.41, 5.74) is 4.34. The summed E-state index contributed by atoms with van der Waals surface area (Å²) < 4.78 is 127. The summed E-state index contributed by atoms with van der Waals surface area (Å²) in [4.78, 5) is 14.3. The fraction of sp³-hybridized carbons (Fsp3) is 0.371. The van der Waals surface area contributed by atoms with Gasteiger partial charge < -0.3 is 26.6 Å². The third-order valence-corrected chi connectivity index (χ3v) is 11.9. The van der Waals surface area contributed by atoms with E-state index in [0.29, 0.717) is 36.3 Å². The van der Waals surface area contributed by atoms with Crippen LogP contribution in [0, 0.1) is 34.2 Å². The highest BCUT2D eigenvalue weighted by atomic mass is 32.1. The number of phenols is 1. The average molecular weight is 777 g/mol. The Morgan fingerprint density at radius 2 is 1.89 bits per heavy atom. The Bertz CT molecular complexity index is 2450. The van der Waals surface area contributed by atoms with Crippen LogP contribution in [0.2, 0.25) is 0 Å². The second-order valence-electron chi connectivity index (χ2n) is 14.1. The van der Waals surface area contributed by atoms with Crippen LogP contribution in [0.4, 0.5) is 51.8 Å². The number of nitrogens with zero attached hydrogens (tertiary/aromatic N) is 5. The van der Waals surface area contributed by atoms with Gasteiger partial charge in [-0.2, -0.15) is 28.4 Å². The zero-order valence-corrected chi connectivity index (χ0v) is 28.8. The van der Waals surface area contributed by atoms with Gasteiger partial charge in [-0.3, -0.25) is 4.90 Å². The quantitative estimate of drug-likeness (QED) is 0.120. The number of pyridine rings is 1. The topological polar surface area (TPSA) is 159 Å². The number of thiophene rings is 1. The number of aromatic hydroxyl groups is 1. The van der Waals surface area contributed by atoms with E-state index in [1.165, 1.54) is 6.20 Å². The van der Waals surface area contributed by atoms with Crippen LogP contribution in [-0.2, 0) is 6.18 Å². The van der Waals surface area contributed by atoms with Crippen LogP contribution >= 0.6 is 11.3 Å². The fourth-order valence-corrected chi connectivity index (χ4v) is 9.23. The maximum Gasteiger partial charge on any atom is 0.420 e. The van der Waals surface area contributed by atoms with Gasteiger partial charge in [-0.1, -0.05) is 6.07 Å². The van der Waals surface area contributed by atoms with Gasteiger partial charge in [0.05, 0.1) is 32.6 Å². The SMILES string of the molecule is C[C@@H](Nc1nc(OC[C@@]23CCCN2CC2(CC2(F)F)C3)nc2c(F)c(-c3cc(F)c(F)c4sc(N)c(C#N)c34)c(C(F)(F)F)c(O)c12)c1cccnc1N.